The van der Waals surface area contributed by atoms with Crippen LogP contribution in [0.15, 0.2) is 58.4 Å². The van der Waals surface area contributed by atoms with Crippen molar-refractivity contribution in [2.24, 2.45) is 29.1 Å². The van der Waals surface area contributed by atoms with Crippen molar-refractivity contribution in [3.05, 3.63) is 91.8 Å². The van der Waals surface area contributed by atoms with Gasteiger partial charge in [0.15, 0.2) is 10.9 Å². The molecule has 55 heavy (non-hydrogen) atoms. The zero-order valence-electron chi connectivity index (χ0n) is 30.4. The third kappa shape index (κ3) is 2.61. The molecule has 0 aliphatic heterocycles. The number of nitrogens with zero attached hydrogens (tertiary/aromatic N) is 4. The fraction of sp³-hybridized carbons (Fsp3) is 0.388. The lowest BCUT2D eigenvalue weighted by atomic mass is 9.56. The normalized spacial score (nSPS) is 32.9. The van der Waals surface area contributed by atoms with Gasteiger partial charge >= 0.3 is 0 Å². The number of fused-ring (bicyclic) bond motifs is 15. The van der Waals surface area contributed by atoms with E-state index in [1.807, 2.05) is 24.3 Å². The molecule has 7 atom stereocenters. The Kier molecular flexibility index (Phi) is 4.10. The van der Waals surface area contributed by atoms with Crippen LogP contribution in [0.5, 0.6) is 0 Å². The molecule has 0 saturated heterocycles. The van der Waals surface area contributed by atoms with E-state index < -0.39 is 0 Å². The molecular weight excluding hydrogens is 677 g/mol. The van der Waals surface area contributed by atoms with Gasteiger partial charge in [0.25, 0.3) is 0 Å². The summed E-state index contributed by atoms with van der Waals surface area (Å²) in [5, 5.41) is 9.76. The third-order valence-electron chi connectivity index (χ3n) is 18.2. The van der Waals surface area contributed by atoms with E-state index in [1.54, 1.807) is 0 Å². The van der Waals surface area contributed by atoms with Gasteiger partial charge in [-0.05, 0) is 128 Å². The molecule has 6 nitrogen and oxygen atoms in total. The first-order valence-corrected chi connectivity index (χ1v) is 21.3. The molecule has 0 amide bonds. The van der Waals surface area contributed by atoms with Crippen molar-refractivity contribution in [1.29, 1.82) is 0 Å². The predicted octanol–water partition coefficient (Wildman–Crippen LogP) is 10.3. The van der Waals surface area contributed by atoms with Gasteiger partial charge in [0.05, 0.1) is 56.3 Å². The number of para-hydroxylation sites is 2. The fourth-order valence-electron chi connectivity index (χ4n) is 16.8. The Morgan fingerprint density at radius 2 is 1.02 bits per heavy atom. The highest BCUT2D eigenvalue weighted by Gasteiger charge is 2.66. The second-order valence-electron chi connectivity index (χ2n) is 20.0. The molecule has 7 aromatic heterocycles. The van der Waals surface area contributed by atoms with E-state index in [-0.39, 0.29) is 10.9 Å². The Morgan fingerprint density at radius 3 is 1.67 bits per heavy atom. The lowest BCUT2D eigenvalue weighted by molar-refractivity contribution is 0.00321. The standard InChI is InChI=1S/C49H36N4O2/c54-47-29-5-1-3-27-28-4-2-6-30-44(28)53(43(27)29)46-39(47)37-35-31(17-50-41-22-10-19-7-20(11-22)9-21(8-19)33(35)41)52-32-18-51-42-24-13-26-14-25-12-23(15-49(25,26)16-24)34(42)36(32)38(45(37)52)40(46)48(30)55/h1-6,17-26H,7-16H2. The first-order valence-electron chi connectivity index (χ1n) is 21.3. The van der Waals surface area contributed by atoms with E-state index in [0.29, 0.717) is 29.1 Å². The molecular formula is C49H36N4O2. The van der Waals surface area contributed by atoms with Gasteiger partial charge in [-0.1, -0.05) is 24.3 Å². The third-order valence-corrected chi connectivity index (χ3v) is 18.2. The molecule has 1 spiro atoms. The van der Waals surface area contributed by atoms with Crippen LogP contribution in [0.2, 0.25) is 0 Å². The van der Waals surface area contributed by atoms with E-state index in [0.717, 1.165) is 99.9 Å². The van der Waals surface area contributed by atoms with E-state index in [4.69, 9.17) is 9.97 Å². The van der Waals surface area contributed by atoms with Crippen molar-refractivity contribution >= 4 is 87.0 Å². The summed E-state index contributed by atoms with van der Waals surface area (Å²) in [6.07, 6.45) is 17.1. The molecule has 0 radical (unpaired) electrons. The molecule has 3 aromatic carbocycles. The Bertz CT molecular complexity index is 3590. The van der Waals surface area contributed by atoms with Crippen LogP contribution in [0, 0.1) is 29.1 Å². The van der Waals surface area contributed by atoms with Crippen molar-refractivity contribution in [1.82, 2.24) is 18.8 Å². The van der Waals surface area contributed by atoms with Crippen LogP contribution in [0.25, 0.3) is 87.0 Å². The fourth-order valence-corrected chi connectivity index (χ4v) is 16.8. The smallest absolute Gasteiger partial charge is 0.198 e. The largest absolute Gasteiger partial charge is 0.306 e. The van der Waals surface area contributed by atoms with Gasteiger partial charge in [-0.15, -0.1) is 0 Å². The van der Waals surface area contributed by atoms with Gasteiger partial charge in [0.1, 0.15) is 0 Å². The summed E-state index contributed by atoms with van der Waals surface area (Å²) in [7, 11) is 0. The number of hydrogen-bond acceptors (Lipinski definition) is 4. The van der Waals surface area contributed by atoms with Crippen molar-refractivity contribution in [3.8, 4) is 0 Å². The predicted molar refractivity (Wildman–Crippen MR) is 217 cm³/mol. The van der Waals surface area contributed by atoms with E-state index in [2.05, 4.69) is 33.3 Å². The highest BCUT2D eigenvalue weighted by Crippen LogP contribution is 2.76. The van der Waals surface area contributed by atoms with Crippen LogP contribution < -0.4 is 10.9 Å². The summed E-state index contributed by atoms with van der Waals surface area (Å²) >= 11 is 0. The summed E-state index contributed by atoms with van der Waals surface area (Å²) < 4.78 is 4.83. The Morgan fingerprint density at radius 1 is 0.491 bits per heavy atom. The molecule has 8 aliphatic rings. The van der Waals surface area contributed by atoms with E-state index in [9.17, 15) is 0 Å². The van der Waals surface area contributed by atoms with Crippen LogP contribution in [0.1, 0.15) is 110 Å². The summed E-state index contributed by atoms with van der Waals surface area (Å²) in [6, 6.07) is 12.4. The average molecular weight is 713 g/mol. The maximum Gasteiger partial charge on any atom is 0.198 e. The second kappa shape index (κ2) is 8.21. The van der Waals surface area contributed by atoms with Gasteiger partial charge in [-0.2, -0.15) is 0 Å². The summed E-state index contributed by atoms with van der Waals surface area (Å²) in [5.74, 6) is 5.11. The lowest BCUT2D eigenvalue weighted by Gasteiger charge is -2.48. The molecule has 8 aliphatic carbocycles. The highest BCUT2D eigenvalue weighted by molar-refractivity contribution is 6.40. The Hall–Kier alpha value is -5.10. The molecule has 5 saturated carbocycles. The first kappa shape index (κ1) is 27.5. The quantitative estimate of drug-likeness (QED) is 0.116. The lowest BCUT2D eigenvalue weighted by Crippen LogP contribution is -2.41. The molecule has 5 fully saturated rings. The average Bonchev–Trinajstić information content (AvgIpc) is 3.93. The van der Waals surface area contributed by atoms with Gasteiger partial charge < -0.3 is 8.80 Å². The maximum absolute atomic E-state index is 15.6. The van der Waals surface area contributed by atoms with Crippen LogP contribution in [0.3, 0.4) is 0 Å². The molecule has 7 heterocycles. The first-order chi connectivity index (χ1) is 27.1. The van der Waals surface area contributed by atoms with Gasteiger partial charge in [-0.25, -0.2) is 0 Å². The number of aromatic nitrogens is 4. The molecule has 264 valence electrons. The van der Waals surface area contributed by atoms with Gasteiger partial charge in [0, 0.05) is 66.3 Å². The zero-order chi connectivity index (χ0) is 35.1. The topological polar surface area (TPSA) is 68.7 Å². The Labute approximate surface area is 313 Å². The number of pyridine rings is 4. The van der Waals surface area contributed by atoms with Crippen LogP contribution in [-0.4, -0.2) is 18.8 Å². The van der Waals surface area contributed by atoms with Crippen molar-refractivity contribution in [3.63, 3.8) is 0 Å². The molecule has 10 aromatic rings. The minimum absolute atomic E-state index is 0.0618. The molecule has 18 rings (SSSR count). The van der Waals surface area contributed by atoms with Gasteiger partial charge in [-0.3, -0.25) is 19.6 Å². The number of benzene rings is 3. The van der Waals surface area contributed by atoms with Crippen molar-refractivity contribution in [2.75, 3.05) is 0 Å². The Balaban J connectivity index is 1.20. The summed E-state index contributed by atoms with van der Waals surface area (Å²) in [6.45, 7) is 0. The molecule has 7 unspecified atom stereocenters. The monoisotopic (exact) mass is 712 g/mol. The van der Waals surface area contributed by atoms with Crippen LogP contribution in [0.4, 0.5) is 0 Å². The van der Waals surface area contributed by atoms with Crippen LogP contribution in [-0.2, 0) is 0 Å². The highest BCUT2D eigenvalue weighted by atomic mass is 16.1. The number of hydrogen-bond donors (Lipinski definition) is 0. The summed E-state index contributed by atoms with van der Waals surface area (Å²) in [5.41, 5.74) is 12.2. The van der Waals surface area contributed by atoms with Gasteiger partial charge in [0.2, 0.25) is 0 Å². The van der Waals surface area contributed by atoms with Crippen LogP contribution >= 0.6 is 0 Å². The van der Waals surface area contributed by atoms with E-state index >= 15 is 9.59 Å². The van der Waals surface area contributed by atoms with Crippen molar-refractivity contribution in [2.45, 2.75) is 87.9 Å². The minimum atomic E-state index is 0.0618. The molecule has 7 bridgehead atoms. The zero-order valence-corrected chi connectivity index (χ0v) is 30.4. The maximum atomic E-state index is 15.6. The number of rotatable bonds is 0. The molecule has 6 heteroatoms. The van der Waals surface area contributed by atoms with Crippen molar-refractivity contribution < 1.29 is 0 Å². The summed E-state index contributed by atoms with van der Waals surface area (Å²) in [4.78, 5) is 42.2. The van der Waals surface area contributed by atoms with E-state index in [1.165, 1.54) is 97.5 Å². The SMILES string of the molecule is O=c1c2cccc3c4cccc5c(=O)c6c7c8c9c(ncc8n8c%10cnc%11c(c%10c(c1c6n(c23)c54)c78)C1CC2CC(CC%11C2)C1)C1CC2CC3CC9CC23C1. The minimum Gasteiger partial charge on any atom is -0.306 e. The second-order valence-corrected chi connectivity index (χ2v) is 20.0. The molecule has 0 N–H and O–H groups in total.